The lowest BCUT2D eigenvalue weighted by atomic mass is 9.89. The number of hydrogen-bond acceptors (Lipinski definition) is 3. The van der Waals surface area contributed by atoms with Crippen LogP contribution in [-0.4, -0.2) is 23.5 Å². The standard InChI is InChI=1S/C27H29NO2.C3H8.C2H6/c29-27-18-25(16-22-10-4-1-5-11-22)17-26(30-27)21-28(19-23-12-6-2-7-13-23)20-24-14-8-3-9-15-24;1-3-2;1-2/h1-15,25-26H,16-21H2;3H2,1-2H3;1-2H3. The zero-order valence-corrected chi connectivity index (χ0v) is 22.0. The summed E-state index contributed by atoms with van der Waals surface area (Å²) in [5.41, 5.74) is 3.84. The first kappa shape index (κ1) is 28.3. The minimum Gasteiger partial charge on any atom is -0.461 e. The summed E-state index contributed by atoms with van der Waals surface area (Å²) in [5.74, 6) is 0.278. The number of carbonyl (C=O) groups excluding carboxylic acids is 1. The molecular formula is C32H43NO2. The largest absolute Gasteiger partial charge is 0.461 e. The van der Waals surface area contributed by atoms with Crippen molar-refractivity contribution in [1.29, 1.82) is 0 Å². The van der Waals surface area contributed by atoms with E-state index in [0.29, 0.717) is 12.3 Å². The number of benzene rings is 3. The molecular weight excluding hydrogens is 430 g/mol. The lowest BCUT2D eigenvalue weighted by Crippen LogP contribution is -2.39. The van der Waals surface area contributed by atoms with Crippen LogP contribution in [0, 0.1) is 5.92 Å². The van der Waals surface area contributed by atoms with Gasteiger partial charge in [0.05, 0.1) is 0 Å². The van der Waals surface area contributed by atoms with Gasteiger partial charge in [-0.15, -0.1) is 0 Å². The Morgan fingerprint density at radius 2 is 1.17 bits per heavy atom. The van der Waals surface area contributed by atoms with Crippen LogP contribution in [-0.2, 0) is 29.0 Å². The van der Waals surface area contributed by atoms with Gasteiger partial charge >= 0.3 is 5.97 Å². The van der Waals surface area contributed by atoms with Crippen molar-refractivity contribution >= 4 is 5.97 Å². The van der Waals surface area contributed by atoms with E-state index >= 15 is 0 Å². The molecule has 1 heterocycles. The van der Waals surface area contributed by atoms with Gasteiger partial charge in [0, 0.05) is 26.1 Å². The van der Waals surface area contributed by atoms with Crippen molar-refractivity contribution < 1.29 is 9.53 Å². The van der Waals surface area contributed by atoms with Gasteiger partial charge < -0.3 is 4.74 Å². The zero-order valence-electron chi connectivity index (χ0n) is 22.0. The minimum atomic E-state index is -0.0634. The molecule has 0 N–H and O–H groups in total. The Balaban J connectivity index is 0.000000803. The number of esters is 1. The molecule has 3 nitrogen and oxygen atoms in total. The minimum absolute atomic E-state index is 0.0626. The third kappa shape index (κ3) is 10.9. The van der Waals surface area contributed by atoms with Gasteiger partial charge in [-0.1, -0.05) is 125 Å². The second kappa shape index (κ2) is 16.7. The van der Waals surface area contributed by atoms with Gasteiger partial charge in [0.1, 0.15) is 6.10 Å². The lowest BCUT2D eigenvalue weighted by Gasteiger charge is -2.33. The Morgan fingerprint density at radius 3 is 1.63 bits per heavy atom. The molecule has 1 aliphatic heterocycles. The molecule has 0 spiro atoms. The highest BCUT2D eigenvalue weighted by molar-refractivity contribution is 5.70. The van der Waals surface area contributed by atoms with Gasteiger partial charge in [0.2, 0.25) is 0 Å². The van der Waals surface area contributed by atoms with Crippen LogP contribution in [0.15, 0.2) is 91.0 Å². The lowest BCUT2D eigenvalue weighted by molar-refractivity contribution is -0.158. The normalized spacial score (nSPS) is 16.9. The van der Waals surface area contributed by atoms with E-state index in [2.05, 4.69) is 91.5 Å². The Morgan fingerprint density at radius 1 is 0.743 bits per heavy atom. The number of ether oxygens (including phenoxy) is 1. The SMILES string of the molecule is CC.CCC.O=C1CC(Cc2ccccc2)CC(CN(Cc2ccccc2)Cc2ccccc2)O1. The summed E-state index contributed by atoms with van der Waals surface area (Å²) in [4.78, 5) is 14.7. The predicted octanol–water partition coefficient (Wildman–Crippen LogP) is 7.70. The fourth-order valence-electron chi connectivity index (χ4n) is 4.34. The number of carbonyl (C=O) groups is 1. The van der Waals surface area contributed by atoms with Gasteiger partial charge in [-0.25, -0.2) is 0 Å². The van der Waals surface area contributed by atoms with Crippen molar-refractivity contribution in [3.8, 4) is 0 Å². The second-order valence-corrected chi connectivity index (χ2v) is 8.96. The molecule has 4 rings (SSSR count). The van der Waals surface area contributed by atoms with Crippen LogP contribution in [0.5, 0.6) is 0 Å². The van der Waals surface area contributed by atoms with Crippen LogP contribution in [0.25, 0.3) is 0 Å². The van der Waals surface area contributed by atoms with Crippen molar-refractivity contribution in [3.05, 3.63) is 108 Å². The quantitative estimate of drug-likeness (QED) is 0.314. The molecule has 1 aliphatic rings. The monoisotopic (exact) mass is 473 g/mol. The summed E-state index contributed by atoms with van der Waals surface area (Å²) < 4.78 is 5.78. The average molecular weight is 474 g/mol. The van der Waals surface area contributed by atoms with Crippen LogP contribution >= 0.6 is 0 Å². The maximum atomic E-state index is 12.3. The molecule has 35 heavy (non-hydrogen) atoms. The van der Waals surface area contributed by atoms with Gasteiger partial charge in [-0.3, -0.25) is 9.69 Å². The summed E-state index contributed by atoms with van der Waals surface area (Å²) in [6.45, 7) is 10.7. The van der Waals surface area contributed by atoms with Crippen molar-refractivity contribution in [2.75, 3.05) is 6.54 Å². The Kier molecular flexibility index (Phi) is 13.5. The number of nitrogens with zero attached hydrogens (tertiary/aromatic N) is 1. The van der Waals surface area contributed by atoms with Gasteiger partial charge in [0.25, 0.3) is 0 Å². The number of rotatable bonds is 8. The molecule has 3 heteroatoms. The molecule has 0 radical (unpaired) electrons. The van der Waals surface area contributed by atoms with Crippen LogP contribution in [0.1, 0.15) is 63.6 Å². The summed E-state index contributed by atoms with van der Waals surface area (Å²) in [6, 6.07) is 31.5. The van der Waals surface area contributed by atoms with Gasteiger partial charge in [-0.2, -0.15) is 0 Å². The highest BCUT2D eigenvalue weighted by Crippen LogP contribution is 2.26. The summed E-state index contributed by atoms with van der Waals surface area (Å²) in [6.07, 6.45) is 3.56. The van der Waals surface area contributed by atoms with E-state index in [4.69, 9.17) is 4.74 Å². The zero-order chi connectivity index (χ0) is 25.3. The fraction of sp³-hybridized carbons (Fsp3) is 0.406. The van der Waals surface area contributed by atoms with Crippen LogP contribution < -0.4 is 0 Å². The molecule has 3 aromatic rings. The molecule has 2 unspecified atom stereocenters. The maximum absolute atomic E-state index is 12.3. The van der Waals surface area contributed by atoms with E-state index in [9.17, 15) is 4.79 Å². The molecule has 0 bridgehead atoms. The van der Waals surface area contributed by atoms with Crippen molar-refractivity contribution in [3.63, 3.8) is 0 Å². The molecule has 0 aromatic heterocycles. The highest BCUT2D eigenvalue weighted by Gasteiger charge is 2.30. The molecule has 1 saturated heterocycles. The molecule has 0 amide bonds. The van der Waals surface area contributed by atoms with E-state index in [-0.39, 0.29) is 12.1 Å². The third-order valence-corrected chi connectivity index (χ3v) is 5.68. The van der Waals surface area contributed by atoms with E-state index < -0.39 is 0 Å². The van der Waals surface area contributed by atoms with E-state index in [1.54, 1.807) is 0 Å². The predicted molar refractivity (Wildman–Crippen MR) is 147 cm³/mol. The van der Waals surface area contributed by atoms with E-state index in [0.717, 1.165) is 32.5 Å². The van der Waals surface area contributed by atoms with Gasteiger partial charge in [0.15, 0.2) is 0 Å². The number of cyclic esters (lactones) is 1. The highest BCUT2D eigenvalue weighted by atomic mass is 16.5. The second-order valence-electron chi connectivity index (χ2n) is 8.96. The topological polar surface area (TPSA) is 29.5 Å². The molecule has 3 aromatic carbocycles. The summed E-state index contributed by atoms with van der Waals surface area (Å²) in [7, 11) is 0. The molecule has 188 valence electrons. The Labute approximate surface area is 213 Å². The average Bonchev–Trinajstić information content (AvgIpc) is 2.87. The van der Waals surface area contributed by atoms with Crippen LogP contribution in [0.3, 0.4) is 0 Å². The number of hydrogen-bond donors (Lipinski definition) is 0. The molecule has 1 fully saturated rings. The summed E-state index contributed by atoms with van der Waals surface area (Å²) in [5, 5.41) is 0. The maximum Gasteiger partial charge on any atom is 0.306 e. The smallest absolute Gasteiger partial charge is 0.306 e. The van der Waals surface area contributed by atoms with E-state index in [1.807, 2.05) is 32.0 Å². The molecule has 0 saturated carbocycles. The van der Waals surface area contributed by atoms with Crippen molar-refractivity contribution in [2.45, 2.75) is 72.6 Å². The van der Waals surface area contributed by atoms with Crippen LogP contribution in [0.4, 0.5) is 0 Å². The molecule has 0 aliphatic carbocycles. The first-order valence-electron chi connectivity index (χ1n) is 13.2. The molecule has 2 atom stereocenters. The van der Waals surface area contributed by atoms with E-state index in [1.165, 1.54) is 23.1 Å². The Hall–Kier alpha value is -2.91. The first-order chi connectivity index (χ1) is 17.2. The first-order valence-corrected chi connectivity index (χ1v) is 13.2. The summed E-state index contributed by atoms with van der Waals surface area (Å²) >= 11 is 0. The van der Waals surface area contributed by atoms with Crippen molar-refractivity contribution in [2.24, 2.45) is 5.92 Å². The third-order valence-electron chi connectivity index (χ3n) is 5.68. The van der Waals surface area contributed by atoms with Crippen LogP contribution in [0.2, 0.25) is 0 Å². The Bertz CT molecular complexity index is 886. The van der Waals surface area contributed by atoms with Crippen molar-refractivity contribution in [1.82, 2.24) is 4.90 Å². The van der Waals surface area contributed by atoms with Gasteiger partial charge in [-0.05, 0) is 35.4 Å². The fourth-order valence-corrected chi connectivity index (χ4v) is 4.34.